The molecule has 2 aromatic rings. The molecule has 0 unspecified atom stereocenters. The van der Waals surface area contributed by atoms with Crippen LogP contribution < -0.4 is 26.4 Å². The minimum Gasteiger partial charge on any atom is -0.481 e. The molecule has 0 bridgehead atoms. The summed E-state index contributed by atoms with van der Waals surface area (Å²) < 4.78 is 45.0. The first-order valence-corrected chi connectivity index (χ1v) is 7.81. The third-order valence-electron chi connectivity index (χ3n) is 3.94. The molecule has 0 radical (unpaired) electrons. The fourth-order valence-electron chi connectivity index (χ4n) is 2.70. The van der Waals surface area contributed by atoms with Gasteiger partial charge in [0, 0.05) is 26.2 Å². The van der Waals surface area contributed by atoms with E-state index in [-0.39, 0.29) is 28.8 Å². The Hall–Kier alpha value is -2.79. The maximum absolute atomic E-state index is 13.0. The van der Waals surface area contributed by atoms with Gasteiger partial charge in [0.25, 0.3) is 11.5 Å². The van der Waals surface area contributed by atoms with Crippen LogP contribution in [0.4, 0.5) is 18.9 Å². The van der Waals surface area contributed by atoms with Crippen LogP contribution in [0.1, 0.15) is 5.69 Å². The van der Waals surface area contributed by atoms with E-state index >= 15 is 0 Å². The Balaban J connectivity index is 2.29. The van der Waals surface area contributed by atoms with Gasteiger partial charge in [0.15, 0.2) is 6.61 Å². The summed E-state index contributed by atoms with van der Waals surface area (Å²) >= 11 is 6.12. The number of alkyl halides is 3. The van der Waals surface area contributed by atoms with Crippen molar-refractivity contribution in [2.45, 2.75) is 6.18 Å². The van der Waals surface area contributed by atoms with Crippen LogP contribution in [0, 0.1) is 0 Å². The number of benzene rings is 1. The summed E-state index contributed by atoms with van der Waals surface area (Å²) in [6.07, 6.45) is -4.88. The number of hydrazine groups is 1. The largest absolute Gasteiger partial charge is 0.481 e. The van der Waals surface area contributed by atoms with Gasteiger partial charge in [0.1, 0.15) is 17.1 Å². The lowest BCUT2D eigenvalue weighted by atomic mass is 10.2. The van der Waals surface area contributed by atoms with E-state index in [1.807, 2.05) is 0 Å². The van der Waals surface area contributed by atoms with Gasteiger partial charge < -0.3 is 4.74 Å². The van der Waals surface area contributed by atoms with Crippen LogP contribution in [0.15, 0.2) is 27.8 Å². The Morgan fingerprint density at radius 2 is 1.81 bits per heavy atom. The van der Waals surface area contributed by atoms with Crippen LogP contribution in [-0.2, 0) is 18.0 Å². The molecule has 1 amide bonds. The van der Waals surface area contributed by atoms with Crippen LogP contribution >= 0.6 is 11.6 Å². The molecule has 1 aromatic carbocycles. The van der Waals surface area contributed by atoms with E-state index < -0.39 is 29.0 Å². The van der Waals surface area contributed by atoms with Gasteiger partial charge in [-0.15, -0.1) is 0 Å². The number of rotatable bonds is 2. The first kappa shape index (κ1) is 19.0. The summed E-state index contributed by atoms with van der Waals surface area (Å²) in [7, 11) is 2.35. The lowest BCUT2D eigenvalue weighted by Crippen LogP contribution is -2.46. The predicted octanol–water partition coefficient (Wildman–Crippen LogP) is 1.07. The number of nitrogens with one attached hydrogen (secondary N) is 1. The van der Waals surface area contributed by atoms with Crippen molar-refractivity contribution in [1.29, 1.82) is 0 Å². The standard InChI is InChI=1S/C15H12ClF3N4O4/c1-20-23-9-4-8(7(16)3-10(9)27-6-13(23)25)22-12(24)5-11(15(17,18)19)21(2)14(22)26/h3-5,20H,6H2,1-2H3. The number of aromatic nitrogens is 2. The Morgan fingerprint density at radius 3 is 2.41 bits per heavy atom. The smallest absolute Gasteiger partial charge is 0.431 e. The number of hydrogen-bond acceptors (Lipinski definition) is 5. The molecule has 1 aliphatic heterocycles. The first-order chi connectivity index (χ1) is 12.6. The third-order valence-corrected chi connectivity index (χ3v) is 4.25. The molecule has 1 aliphatic rings. The van der Waals surface area contributed by atoms with Crippen molar-refractivity contribution in [2.24, 2.45) is 7.05 Å². The van der Waals surface area contributed by atoms with Crippen LogP contribution in [-0.4, -0.2) is 28.7 Å². The average molecular weight is 405 g/mol. The second-order valence-electron chi connectivity index (χ2n) is 5.56. The number of ether oxygens (including phenoxy) is 1. The monoisotopic (exact) mass is 404 g/mol. The Morgan fingerprint density at radius 1 is 1.15 bits per heavy atom. The van der Waals surface area contributed by atoms with Gasteiger partial charge >= 0.3 is 11.9 Å². The second kappa shape index (κ2) is 6.43. The molecule has 0 saturated heterocycles. The highest BCUT2D eigenvalue weighted by molar-refractivity contribution is 6.32. The van der Waals surface area contributed by atoms with Gasteiger partial charge in [-0.25, -0.2) is 19.8 Å². The topological polar surface area (TPSA) is 85.6 Å². The molecule has 12 heteroatoms. The Bertz CT molecular complexity index is 1060. The summed E-state index contributed by atoms with van der Waals surface area (Å²) in [5.74, 6) is -0.250. The van der Waals surface area contributed by atoms with E-state index in [1.54, 1.807) is 0 Å². The molecule has 1 aromatic heterocycles. The zero-order valence-electron chi connectivity index (χ0n) is 13.9. The van der Waals surface area contributed by atoms with Gasteiger partial charge in [-0.1, -0.05) is 11.6 Å². The highest BCUT2D eigenvalue weighted by Gasteiger charge is 2.35. The molecule has 1 N–H and O–H groups in total. The zero-order valence-corrected chi connectivity index (χ0v) is 14.7. The SMILES string of the molecule is CNN1C(=O)COc2cc(Cl)c(-n3c(=O)cc(C(F)(F)F)n(C)c3=O)cc21. The molecule has 144 valence electrons. The fraction of sp³-hybridized carbons (Fsp3) is 0.267. The van der Waals surface area contributed by atoms with Crippen molar-refractivity contribution in [2.75, 3.05) is 18.7 Å². The number of halogens is 4. The molecule has 3 rings (SSSR count). The zero-order chi connectivity index (χ0) is 20.1. The molecule has 27 heavy (non-hydrogen) atoms. The summed E-state index contributed by atoms with van der Waals surface area (Å²) in [6, 6.07) is 2.78. The predicted molar refractivity (Wildman–Crippen MR) is 89.3 cm³/mol. The van der Waals surface area contributed by atoms with Crippen LogP contribution in [0.2, 0.25) is 5.02 Å². The lowest BCUT2D eigenvalue weighted by Gasteiger charge is -2.29. The molecule has 0 atom stereocenters. The number of amides is 1. The third kappa shape index (κ3) is 3.08. The first-order valence-electron chi connectivity index (χ1n) is 7.43. The van der Waals surface area contributed by atoms with Crippen LogP contribution in [0.25, 0.3) is 5.69 Å². The van der Waals surface area contributed by atoms with Crippen molar-refractivity contribution in [3.63, 3.8) is 0 Å². The van der Waals surface area contributed by atoms with Gasteiger partial charge in [-0.3, -0.25) is 14.2 Å². The quantitative estimate of drug-likeness (QED) is 0.809. The number of fused-ring (bicyclic) bond motifs is 1. The molecular formula is C15H12ClF3N4O4. The molecule has 0 spiro atoms. The van der Waals surface area contributed by atoms with Gasteiger partial charge in [0.2, 0.25) is 0 Å². The summed E-state index contributed by atoms with van der Waals surface area (Å²) in [5.41, 5.74) is -1.26. The number of nitrogens with zero attached hydrogens (tertiary/aromatic N) is 3. The van der Waals surface area contributed by atoms with Crippen molar-refractivity contribution in [1.82, 2.24) is 14.6 Å². The maximum atomic E-state index is 13.0. The summed E-state index contributed by atoms with van der Waals surface area (Å²) in [4.78, 5) is 36.6. The molecule has 0 aliphatic carbocycles. The summed E-state index contributed by atoms with van der Waals surface area (Å²) in [5, 5.41) is 0.997. The van der Waals surface area contributed by atoms with Gasteiger partial charge in [-0.2, -0.15) is 13.2 Å². The highest BCUT2D eigenvalue weighted by atomic mass is 35.5. The van der Waals surface area contributed by atoms with Crippen molar-refractivity contribution >= 4 is 23.2 Å². The lowest BCUT2D eigenvalue weighted by molar-refractivity contribution is -0.144. The van der Waals surface area contributed by atoms with E-state index in [2.05, 4.69) is 5.43 Å². The van der Waals surface area contributed by atoms with Crippen LogP contribution in [0.5, 0.6) is 5.75 Å². The van der Waals surface area contributed by atoms with E-state index in [0.717, 1.165) is 12.1 Å². The number of hydrogen-bond donors (Lipinski definition) is 1. The summed E-state index contributed by atoms with van der Waals surface area (Å²) in [6.45, 7) is -0.258. The van der Waals surface area contributed by atoms with Gasteiger partial charge in [0.05, 0.1) is 10.7 Å². The molecule has 0 fully saturated rings. The van der Waals surface area contributed by atoms with E-state index in [1.165, 1.54) is 19.2 Å². The van der Waals surface area contributed by atoms with Crippen LogP contribution in [0.3, 0.4) is 0 Å². The highest BCUT2D eigenvalue weighted by Crippen LogP contribution is 2.37. The Kier molecular flexibility index (Phi) is 4.52. The minimum atomic E-state index is -4.88. The van der Waals surface area contributed by atoms with Crippen molar-refractivity contribution in [3.05, 3.63) is 49.8 Å². The number of carbonyl (C=O) groups excluding carboxylic acids is 1. The molecule has 0 saturated carbocycles. The minimum absolute atomic E-state index is 0.113. The van der Waals surface area contributed by atoms with Gasteiger partial charge in [-0.05, 0) is 6.07 Å². The molecular weight excluding hydrogens is 393 g/mol. The van der Waals surface area contributed by atoms with Crippen molar-refractivity contribution < 1.29 is 22.7 Å². The Labute approximate surface area is 154 Å². The van der Waals surface area contributed by atoms with E-state index in [0.29, 0.717) is 15.2 Å². The number of anilines is 1. The molecule has 2 heterocycles. The molecule has 8 nitrogen and oxygen atoms in total. The van der Waals surface area contributed by atoms with E-state index in [9.17, 15) is 27.6 Å². The second-order valence-corrected chi connectivity index (χ2v) is 5.96. The normalized spacial score (nSPS) is 14.1. The van der Waals surface area contributed by atoms with E-state index in [4.69, 9.17) is 16.3 Å². The van der Waals surface area contributed by atoms with Crippen molar-refractivity contribution in [3.8, 4) is 11.4 Å². The maximum Gasteiger partial charge on any atom is 0.431 e. The average Bonchev–Trinajstić information content (AvgIpc) is 2.58. The fourth-order valence-corrected chi connectivity index (χ4v) is 2.94. The number of carbonyl (C=O) groups is 1.